The number of aliphatic carboxylic acids is 1. The summed E-state index contributed by atoms with van der Waals surface area (Å²) in [6.45, 7) is 7.09. The molecule has 0 saturated heterocycles. The third kappa shape index (κ3) is 5.36. The number of pyridine rings is 1. The number of hydrogen-bond donors (Lipinski definition) is 2. The summed E-state index contributed by atoms with van der Waals surface area (Å²) < 4.78 is 33.6. The molecular weight excluding hydrogens is 495 g/mol. The molecule has 0 bridgehead atoms. The summed E-state index contributed by atoms with van der Waals surface area (Å²) in [4.78, 5) is 8.78. The average Bonchev–Trinajstić information content (AvgIpc) is 3.21. The molecule has 210 valence electrons. The number of aliphatic hydroxyl groups is 1. The van der Waals surface area contributed by atoms with E-state index in [9.17, 15) is 18.3 Å². The summed E-state index contributed by atoms with van der Waals surface area (Å²) in [6.07, 6.45) is 9.13. The molecule has 0 unspecified atom stereocenters. The van der Waals surface area contributed by atoms with Crippen LogP contribution in [0.5, 0.6) is 0 Å². The minimum absolute atomic E-state index is 0.159. The predicted octanol–water partition coefficient (Wildman–Crippen LogP) is 4.54. The number of rotatable bonds is 3. The van der Waals surface area contributed by atoms with Crippen LogP contribution >= 0.6 is 0 Å². The Labute approximate surface area is 223 Å². The summed E-state index contributed by atoms with van der Waals surface area (Å²) in [6, 6.07) is 6.15. The second-order valence-corrected chi connectivity index (χ2v) is 12.2. The fourth-order valence-corrected chi connectivity index (χ4v) is 8.26. The minimum atomic E-state index is -5.19. The summed E-state index contributed by atoms with van der Waals surface area (Å²) in [5, 5.41) is 24.0. The third-order valence-electron chi connectivity index (χ3n) is 10.2. The van der Waals surface area contributed by atoms with Crippen LogP contribution in [0.2, 0.25) is 0 Å². The van der Waals surface area contributed by atoms with E-state index >= 15 is 0 Å². The normalized spacial score (nSPS) is 36.1. The van der Waals surface area contributed by atoms with E-state index in [1.165, 1.54) is 50.7 Å². The first-order valence-corrected chi connectivity index (χ1v) is 13.7. The van der Waals surface area contributed by atoms with Crippen LogP contribution in [0.1, 0.15) is 72.1 Å². The smallest absolute Gasteiger partial charge is 0.430 e. The molecule has 0 radical (unpaired) electrons. The van der Waals surface area contributed by atoms with Gasteiger partial charge in [-0.15, -0.1) is 5.43 Å². The Balaban J connectivity index is 0.000000426. The number of carboxylic acids is 1. The number of alkyl halides is 3. The molecular formula is C29H40F3N3O3. The molecule has 6 nitrogen and oxygen atoms in total. The standard InChI is InChI=1S/C27H39N3O.C2HF3O2/c1-18(31)22-10-11-23-21-9-8-19-17-20(28-29-25-7-5-6-16-30(25)4)12-14-26(19,2)24(21)13-15-27(22,23)3;3-2(4,5)1(6)7/h5-7,16-18,21-24,31H,8-15H2,1-4H3;(H,6,7)/b28-20+;/t18-,21-,22+,23-,24-,26-,27+;/m0./s1. The van der Waals surface area contributed by atoms with Gasteiger partial charge in [0, 0.05) is 6.07 Å². The molecule has 1 heterocycles. The van der Waals surface area contributed by atoms with Gasteiger partial charge in [0.05, 0.1) is 25.1 Å². The maximum Gasteiger partial charge on any atom is 0.430 e. The van der Waals surface area contributed by atoms with Crippen molar-refractivity contribution in [3.8, 4) is 0 Å². The lowest BCUT2D eigenvalue weighted by atomic mass is 9.46. The highest BCUT2D eigenvalue weighted by atomic mass is 19.4. The third-order valence-corrected chi connectivity index (χ3v) is 10.2. The fourth-order valence-electron chi connectivity index (χ4n) is 8.26. The Kier molecular flexibility index (Phi) is 7.99. The minimum Gasteiger partial charge on any atom is -0.542 e. The summed E-state index contributed by atoms with van der Waals surface area (Å²) in [5.41, 5.74) is 6.81. The number of carbonyl (C=O) groups is 1. The van der Waals surface area contributed by atoms with Gasteiger partial charge < -0.3 is 15.0 Å². The lowest BCUT2D eigenvalue weighted by molar-refractivity contribution is -0.657. The molecule has 5 rings (SSSR count). The second-order valence-electron chi connectivity index (χ2n) is 12.2. The first-order chi connectivity index (χ1) is 17.8. The van der Waals surface area contributed by atoms with Crippen LogP contribution in [-0.4, -0.2) is 29.1 Å². The van der Waals surface area contributed by atoms with E-state index < -0.39 is 12.1 Å². The maximum absolute atomic E-state index is 10.5. The van der Waals surface area contributed by atoms with Gasteiger partial charge in [0.1, 0.15) is 5.97 Å². The molecule has 3 saturated carbocycles. The molecule has 3 fully saturated rings. The largest absolute Gasteiger partial charge is 0.542 e. The second kappa shape index (κ2) is 10.6. The summed E-state index contributed by atoms with van der Waals surface area (Å²) >= 11 is 0. The molecule has 1 aromatic heterocycles. The Bertz CT molecular complexity index is 1100. The van der Waals surface area contributed by atoms with Crippen molar-refractivity contribution in [2.45, 2.75) is 84.4 Å². The number of aryl methyl sites for hydroxylation is 1. The molecule has 2 N–H and O–H groups in total. The van der Waals surface area contributed by atoms with Crippen molar-refractivity contribution in [3.05, 3.63) is 36.0 Å². The summed E-state index contributed by atoms with van der Waals surface area (Å²) in [5.74, 6) is 0.959. The van der Waals surface area contributed by atoms with E-state index in [0.717, 1.165) is 30.0 Å². The van der Waals surface area contributed by atoms with Crippen LogP contribution in [0.3, 0.4) is 0 Å². The number of carboxylic acid groups (broad SMARTS) is 1. The van der Waals surface area contributed by atoms with Crippen molar-refractivity contribution in [2.24, 2.45) is 46.7 Å². The van der Waals surface area contributed by atoms with Crippen LogP contribution in [0.15, 0.2) is 41.1 Å². The molecule has 38 heavy (non-hydrogen) atoms. The molecule has 0 aromatic carbocycles. The molecule has 0 aliphatic heterocycles. The number of halogens is 3. The van der Waals surface area contributed by atoms with Gasteiger partial charge in [-0.25, -0.2) is 4.57 Å². The van der Waals surface area contributed by atoms with Gasteiger partial charge in [0.15, 0.2) is 0 Å². The average molecular weight is 536 g/mol. The van der Waals surface area contributed by atoms with E-state index in [-0.39, 0.29) is 6.10 Å². The number of nitrogens with zero attached hydrogens (tertiary/aromatic N) is 2. The molecule has 1 aromatic rings. The first kappa shape index (κ1) is 28.6. The maximum atomic E-state index is 10.5. The molecule has 9 heteroatoms. The number of hydrogen-bond acceptors (Lipinski definition) is 5. The van der Waals surface area contributed by atoms with Gasteiger partial charge in [-0.2, -0.15) is 13.2 Å². The zero-order valence-electron chi connectivity index (χ0n) is 22.7. The van der Waals surface area contributed by atoms with Crippen LogP contribution in [0.4, 0.5) is 19.0 Å². The number of aromatic nitrogens is 1. The zero-order valence-corrected chi connectivity index (χ0v) is 22.7. The Hall–Kier alpha value is -2.42. The SMILES string of the molecule is C[C@H](O)[C@H]1CC[C@H]2[C@@H]3CCC4=C/C(=N/Nc5cccc[n+]5C)CC[C@]4(C)[C@H]3CC[C@]12C.O=C([O-])C(F)(F)F. The summed E-state index contributed by atoms with van der Waals surface area (Å²) in [7, 11) is 2.04. The van der Waals surface area contributed by atoms with Crippen LogP contribution in [-0.2, 0) is 11.8 Å². The number of anilines is 1. The number of fused-ring (bicyclic) bond motifs is 5. The van der Waals surface area contributed by atoms with Gasteiger partial charge >= 0.3 is 6.18 Å². The quantitative estimate of drug-likeness (QED) is 0.440. The lowest BCUT2D eigenvalue weighted by Crippen LogP contribution is -2.51. The van der Waals surface area contributed by atoms with Gasteiger partial charge in [0.25, 0.3) is 5.82 Å². The van der Waals surface area contributed by atoms with E-state index in [4.69, 9.17) is 15.0 Å². The highest BCUT2D eigenvalue weighted by Crippen LogP contribution is 2.67. The van der Waals surface area contributed by atoms with Crippen LogP contribution in [0, 0.1) is 34.5 Å². The molecule has 0 amide bonds. The first-order valence-electron chi connectivity index (χ1n) is 13.7. The van der Waals surface area contributed by atoms with Gasteiger partial charge in [-0.3, -0.25) is 0 Å². The number of nitrogens with one attached hydrogen (secondary N) is 1. The molecule has 4 aliphatic rings. The monoisotopic (exact) mass is 535 g/mol. The molecule has 7 atom stereocenters. The van der Waals surface area contributed by atoms with E-state index in [1.54, 1.807) is 5.57 Å². The molecule has 4 aliphatic carbocycles. The van der Waals surface area contributed by atoms with Crippen molar-refractivity contribution in [1.29, 1.82) is 0 Å². The van der Waals surface area contributed by atoms with Gasteiger partial charge in [-0.05, 0) is 105 Å². The number of aliphatic hydroxyl groups excluding tert-OH is 1. The van der Waals surface area contributed by atoms with Crippen molar-refractivity contribution in [1.82, 2.24) is 0 Å². The van der Waals surface area contributed by atoms with E-state index in [2.05, 4.69) is 36.0 Å². The topological polar surface area (TPSA) is 88.6 Å². The lowest BCUT2D eigenvalue weighted by Gasteiger charge is -2.58. The van der Waals surface area contributed by atoms with Crippen molar-refractivity contribution in [2.75, 3.05) is 5.43 Å². The number of hydrazone groups is 1. The Morgan fingerprint density at radius 3 is 2.50 bits per heavy atom. The van der Waals surface area contributed by atoms with Gasteiger partial charge in [0.2, 0.25) is 0 Å². The Morgan fingerprint density at radius 1 is 1.16 bits per heavy atom. The Morgan fingerprint density at radius 2 is 1.87 bits per heavy atom. The highest BCUT2D eigenvalue weighted by Gasteiger charge is 2.59. The molecule has 0 spiro atoms. The number of carbonyl (C=O) groups excluding carboxylic acids is 1. The van der Waals surface area contributed by atoms with Crippen molar-refractivity contribution in [3.63, 3.8) is 0 Å². The number of allylic oxidation sites excluding steroid dienone is 2. The van der Waals surface area contributed by atoms with Crippen LogP contribution < -0.4 is 15.1 Å². The highest BCUT2D eigenvalue weighted by molar-refractivity contribution is 5.97. The fraction of sp³-hybridized carbons (Fsp3) is 0.690. The van der Waals surface area contributed by atoms with E-state index in [1.807, 2.05) is 32.3 Å². The van der Waals surface area contributed by atoms with Crippen LogP contribution in [0.25, 0.3) is 0 Å². The predicted molar refractivity (Wildman–Crippen MR) is 137 cm³/mol. The van der Waals surface area contributed by atoms with E-state index in [0.29, 0.717) is 16.7 Å². The zero-order chi connectivity index (χ0) is 27.9. The van der Waals surface area contributed by atoms with Gasteiger partial charge in [-0.1, -0.05) is 30.6 Å². The van der Waals surface area contributed by atoms with Crippen molar-refractivity contribution >= 4 is 17.5 Å². The van der Waals surface area contributed by atoms with Crippen molar-refractivity contribution < 1.29 is 32.7 Å².